The lowest BCUT2D eigenvalue weighted by Gasteiger charge is -2.66. The quantitative estimate of drug-likeness (QED) is 0.0835. The summed E-state index contributed by atoms with van der Waals surface area (Å²) in [5, 5.41) is 46.1. The molecule has 6 aliphatic rings. The van der Waals surface area contributed by atoms with Gasteiger partial charge in [0.15, 0.2) is 6.29 Å². The van der Waals surface area contributed by atoms with Gasteiger partial charge in [0.05, 0.1) is 29.5 Å². The van der Waals surface area contributed by atoms with Gasteiger partial charge in [0.1, 0.15) is 12.7 Å². The fourth-order valence-corrected chi connectivity index (χ4v) is 11.3. The van der Waals surface area contributed by atoms with Crippen LogP contribution in [0.5, 0.6) is 0 Å². The average Bonchev–Trinajstić information content (AvgIpc) is 3.60. The van der Waals surface area contributed by atoms with E-state index in [0.717, 1.165) is 50.6 Å². The summed E-state index contributed by atoms with van der Waals surface area (Å²) < 4.78 is 17.6. The Bertz CT molecular complexity index is 1180. The highest BCUT2D eigenvalue weighted by Crippen LogP contribution is 2.70. The van der Waals surface area contributed by atoms with E-state index >= 15 is 0 Å². The third-order valence-electron chi connectivity index (χ3n) is 14.1. The standard InChI is InChI=1S/C39H63NO8/c1-4-5-6-7-8-9-10-11-20-40-25-37-17-12-28(48-34-22-32(41)35(43)26(2)47-34)23-38(37,44)18-14-31-30(37)13-16-36(3)29(15-19-39(31,36)45)27-21-33(42)46-24-27/h21,25-26,28-32,34-35,41,43-45H,4-20,22-24H2,1-3H3/t26-,28+,29-,30+,31-,32+,34+,35-,36-,37+,38+,39+/m1/s1. The summed E-state index contributed by atoms with van der Waals surface area (Å²) in [5.41, 5.74) is -1.80. The number of aliphatic hydroxyl groups excluding tert-OH is 2. The molecule has 0 aromatic rings. The molecule has 4 N–H and O–H groups in total. The number of esters is 1. The van der Waals surface area contributed by atoms with Crippen molar-refractivity contribution < 1.29 is 39.4 Å². The number of rotatable bonds is 13. The fourth-order valence-electron chi connectivity index (χ4n) is 11.3. The predicted octanol–water partition coefficient (Wildman–Crippen LogP) is 5.79. The van der Waals surface area contributed by atoms with Crippen LogP contribution in [0.3, 0.4) is 0 Å². The minimum atomic E-state index is -1.03. The molecule has 1 saturated heterocycles. The molecule has 9 nitrogen and oxygen atoms in total. The first-order valence-electron chi connectivity index (χ1n) is 19.5. The van der Waals surface area contributed by atoms with Gasteiger partial charge in [-0.25, -0.2) is 4.79 Å². The SMILES string of the molecule is CCCCCCCCCCN=C[C@]12CC[C@H](O[C@H]3C[C@H](O)[C@H](O)[C@@H](C)O3)C[C@@]1(O)CC[C@@H]1[C@@H]2CC[C@]2(C)[C@@H](C3=CC(=O)OC3)CC[C@]12O. The lowest BCUT2D eigenvalue weighted by Crippen LogP contribution is -2.69. The maximum atomic E-state index is 12.8. The molecule has 4 saturated carbocycles. The summed E-state index contributed by atoms with van der Waals surface area (Å²) in [6.07, 6.45) is 17.2. The first-order chi connectivity index (χ1) is 23.0. The minimum Gasteiger partial charge on any atom is -0.458 e. The Morgan fingerprint density at radius 1 is 0.958 bits per heavy atom. The van der Waals surface area contributed by atoms with Gasteiger partial charge < -0.3 is 34.6 Å². The van der Waals surface area contributed by atoms with Gasteiger partial charge in [0.25, 0.3) is 0 Å². The Balaban J connectivity index is 1.19. The van der Waals surface area contributed by atoms with Crippen LogP contribution in [0.25, 0.3) is 0 Å². The van der Waals surface area contributed by atoms with Gasteiger partial charge in [-0.15, -0.1) is 0 Å². The molecule has 4 aliphatic carbocycles. The molecule has 0 aromatic carbocycles. The smallest absolute Gasteiger partial charge is 0.331 e. The summed E-state index contributed by atoms with van der Waals surface area (Å²) in [4.78, 5) is 17.1. The van der Waals surface area contributed by atoms with Crippen LogP contribution >= 0.6 is 0 Å². The van der Waals surface area contributed by atoms with Crippen molar-refractivity contribution in [3.05, 3.63) is 11.6 Å². The number of aliphatic hydroxyl groups is 4. The minimum absolute atomic E-state index is 0.0337. The number of unbranched alkanes of at least 4 members (excludes halogenated alkanes) is 7. The number of ether oxygens (including phenoxy) is 3. The van der Waals surface area contributed by atoms with Crippen molar-refractivity contribution in [3.8, 4) is 0 Å². The second kappa shape index (κ2) is 14.7. The second-order valence-electron chi connectivity index (χ2n) is 16.7. The lowest BCUT2D eigenvalue weighted by atomic mass is 9.41. The molecule has 2 aliphatic heterocycles. The molecule has 48 heavy (non-hydrogen) atoms. The van der Waals surface area contributed by atoms with Crippen molar-refractivity contribution in [2.75, 3.05) is 13.2 Å². The van der Waals surface area contributed by atoms with Gasteiger partial charge in [-0.05, 0) is 88.0 Å². The normalized spacial score (nSPS) is 45.8. The molecular formula is C39H63NO8. The number of hydrogen-bond acceptors (Lipinski definition) is 9. The largest absolute Gasteiger partial charge is 0.458 e. The molecular weight excluding hydrogens is 610 g/mol. The number of carbonyl (C=O) groups excluding carboxylic acids is 1. The third-order valence-corrected chi connectivity index (χ3v) is 14.1. The number of hydrogen-bond donors (Lipinski definition) is 4. The van der Waals surface area contributed by atoms with E-state index in [1.165, 1.54) is 44.9 Å². The van der Waals surface area contributed by atoms with E-state index in [4.69, 9.17) is 19.2 Å². The molecule has 12 atom stereocenters. The van der Waals surface area contributed by atoms with Crippen molar-refractivity contribution in [3.63, 3.8) is 0 Å². The number of nitrogens with zero attached hydrogens (tertiary/aromatic N) is 1. The second-order valence-corrected chi connectivity index (χ2v) is 16.7. The van der Waals surface area contributed by atoms with Crippen LogP contribution in [0.15, 0.2) is 16.6 Å². The van der Waals surface area contributed by atoms with E-state index in [0.29, 0.717) is 32.3 Å². The van der Waals surface area contributed by atoms with Crippen molar-refractivity contribution in [2.45, 2.75) is 178 Å². The van der Waals surface area contributed by atoms with Crippen molar-refractivity contribution in [1.29, 1.82) is 0 Å². The van der Waals surface area contributed by atoms with Crippen molar-refractivity contribution >= 4 is 12.2 Å². The van der Waals surface area contributed by atoms with Gasteiger partial charge in [-0.3, -0.25) is 4.99 Å². The van der Waals surface area contributed by atoms with E-state index in [1.807, 2.05) is 0 Å². The van der Waals surface area contributed by atoms with Gasteiger partial charge in [0, 0.05) is 42.5 Å². The molecule has 0 aromatic heterocycles. The van der Waals surface area contributed by atoms with Crippen LogP contribution in [-0.4, -0.2) is 87.7 Å². The average molecular weight is 674 g/mol. The van der Waals surface area contributed by atoms with E-state index < -0.39 is 41.2 Å². The molecule has 0 radical (unpaired) electrons. The lowest BCUT2D eigenvalue weighted by molar-refractivity contribution is -0.282. The molecule has 2 heterocycles. The molecule has 9 heteroatoms. The van der Waals surface area contributed by atoms with Crippen molar-refractivity contribution in [1.82, 2.24) is 0 Å². The first-order valence-corrected chi connectivity index (χ1v) is 19.5. The molecule has 5 fully saturated rings. The van der Waals surface area contributed by atoms with Crippen LogP contribution in [0.4, 0.5) is 0 Å². The topological polar surface area (TPSA) is 138 Å². The molecule has 272 valence electrons. The van der Waals surface area contributed by atoms with Gasteiger partial charge >= 0.3 is 5.97 Å². The molecule has 0 bridgehead atoms. The van der Waals surface area contributed by atoms with E-state index in [9.17, 15) is 25.2 Å². The van der Waals surface area contributed by atoms with Crippen LogP contribution < -0.4 is 0 Å². The number of carbonyl (C=O) groups is 1. The van der Waals surface area contributed by atoms with Crippen LogP contribution in [0.2, 0.25) is 0 Å². The fraction of sp³-hybridized carbons (Fsp3) is 0.897. The highest BCUT2D eigenvalue weighted by Gasteiger charge is 2.71. The Kier molecular flexibility index (Phi) is 11.2. The van der Waals surface area contributed by atoms with E-state index in [1.54, 1.807) is 13.0 Å². The number of aliphatic imine (C=N–C) groups is 1. The maximum absolute atomic E-state index is 12.8. The summed E-state index contributed by atoms with van der Waals surface area (Å²) in [7, 11) is 0. The summed E-state index contributed by atoms with van der Waals surface area (Å²) >= 11 is 0. The Morgan fingerprint density at radius 3 is 2.40 bits per heavy atom. The zero-order valence-corrected chi connectivity index (χ0v) is 29.8. The van der Waals surface area contributed by atoms with Crippen LogP contribution in [0, 0.1) is 28.6 Å². The van der Waals surface area contributed by atoms with Gasteiger partial charge in [-0.1, -0.05) is 58.8 Å². The highest BCUT2D eigenvalue weighted by atomic mass is 16.7. The van der Waals surface area contributed by atoms with E-state index in [2.05, 4.69) is 20.1 Å². The Labute approximate surface area is 287 Å². The Hall–Kier alpha value is -1.36. The van der Waals surface area contributed by atoms with Gasteiger partial charge in [-0.2, -0.15) is 0 Å². The summed E-state index contributed by atoms with van der Waals surface area (Å²) in [6, 6.07) is 0. The monoisotopic (exact) mass is 673 g/mol. The first kappa shape index (κ1) is 36.4. The zero-order valence-electron chi connectivity index (χ0n) is 29.8. The third kappa shape index (κ3) is 6.58. The zero-order chi connectivity index (χ0) is 34.2. The predicted molar refractivity (Wildman–Crippen MR) is 183 cm³/mol. The van der Waals surface area contributed by atoms with Crippen LogP contribution in [0.1, 0.15) is 136 Å². The van der Waals surface area contributed by atoms with Crippen LogP contribution in [-0.2, 0) is 19.0 Å². The van der Waals surface area contributed by atoms with E-state index in [-0.39, 0.29) is 41.7 Å². The summed E-state index contributed by atoms with van der Waals surface area (Å²) in [5.74, 6) is -0.0240. The highest BCUT2D eigenvalue weighted by molar-refractivity contribution is 5.85. The van der Waals surface area contributed by atoms with Gasteiger partial charge in [0.2, 0.25) is 0 Å². The maximum Gasteiger partial charge on any atom is 0.331 e. The Morgan fingerprint density at radius 2 is 1.69 bits per heavy atom. The number of fused-ring (bicyclic) bond motifs is 5. The summed E-state index contributed by atoms with van der Waals surface area (Å²) in [6.45, 7) is 7.31. The molecule has 0 spiro atoms. The molecule has 0 amide bonds. The molecule has 0 unspecified atom stereocenters. The molecule has 6 rings (SSSR count). The number of cyclic esters (lactones) is 1. The van der Waals surface area contributed by atoms with Crippen molar-refractivity contribution in [2.24, 2.45) is 33.6 Å².